The van der Waals surface area contributed by atoms with Crippen molar-refractivity contribution in [1.82, 2.24) is 0 Å². The molecule has 0 spiro atoms. The van der Waals surface area contributed by atoms with Gasteiger partial charge in [-0.3, -0.25) is 0 Å². The Kier molecular flexibility index (Phi) is 3.59. The third-order valence-electron chi connectivity index (χ3n) is 2.28. The SMILES string of the molecule is N#Cc1cc(Cl)cc(-c2ccc(Cl)c(Cl)c2)c1. The monoisotopic (exact) mass is 281 g/mol. The fourth-order valence-corrected chi connectivity index (χ4v) is 2.03. The molecular formula is C13H6Cl3N. The van der Waals surface area contributed by atoms with Crippen molar-refractivity contribution in [1.29, 1.82) is 5.26 Å². The molecule has 2 aromatic carbocycles. The molecule has 0 bridgehead atoms. The van der Waals surface area contributed by atoms with Crippen molar-refractivity contribution in [2.45, 2.75) is 0 Å². The van der Waals surface area contributed by atoms with Crippen LogP contribution in [0.5, 0.6) is 0 Å². The number of halogens is 3. The summed E-state index contributed by atoms with van der Waals surface area (Å²) < 4.78 is 0. The molecule has 2 rings (SSSR count). The van der Waals surface area contributed by atoms with Gasteiger partial charge in [-0.05, 0) is 41.5 Å². The zero-order valence-corrected chi connectivity index (χ0v) is 10.8. The second-order valence-electron chi connectivity index (χ2n) is 3.47. The molecule has 0 fully saturated rings. The molecule has 0 N–H and O–H groups in total. The van der Waals surface area contributed by atoms with E-state index in [2.05, 4.69) is 6.07 Å². The van der Waals surface area contributed by atoms with Gasteiger partial charge in [-0.15, -0.1) is 0 Å². The van der Waals surface area contributed by atoms with Crippen molar-refractivity contribution in [2.75, 3.05) is 0 Å². The Bertz CT molecular complexity index is 615. The molecule has 0 atom stereocenters. The topological polar surface area (TPSA) is 23.8 Å². The average molecular weight is 283 g/mol. The molecule has 0 amide bonds. The maximum Gasteiger partial charge on any atom is 0.0992 e. The number of nitrogens with zero attached hydrogens (tertiary/aromatic N) is 1. The van der Waals surface area contributed by atoms with E-state index in [1.54, 1.807) is 30.3 Å². The molecule has 17 heavy (non-hydrogen) atoms. The number of nitriles is 1. The summed E-state index contributed by atoms with van der Waals surface area (Å²) in [6, 6.07) is 12.5. The first kappa shape index (κ1) is 12.3. The second kappa shape index (κ2) is 4.98. The third-order valence-corrected chi connectivity index (χ3v) is 3.24. The Hall–Kier alpha value is -1.20. The highest BCUT2D eigenvalue weighted by molar-refractivity contribution is 6.42. The molecular weight excluding hydrogens is 277 g/mol. The van der Waals surface area contributed by atoms with Gasteiger partial charge in [0.05, 0.1) is 21.7 Å². The van der Waals surface area contributed by atoms with Crippen LogP contribution in [-0.2, 0) is 0 Å². The van der Waals surface area contributed by atoms with Crippen molar-refractivity contribution in [3.8, 4) is 17.2 Å². The Labute approximate surface area is 114 Å². The minimum atomic E-state index is 0.475. The largest absolute Gasteiger partial charge is 0.192 e. The molecule has 4 heteroatoms. The van der Waals surface area contributed by atoms with Gasteiger partial charge in [-0.2, -0.15) is 5.26 Å². The van der Waals surface area contributed by atoms with Crippen LogP contribution in [-0.4, -0.2) is 0 Å². The predicted octanol–water partition coefficient (Wildman–Crippen LogP) is 5.19. The number of rotatable bonds is 1. The summed E-state index contributed by atoms with van der Waals surface area (Å²) in [5.41, 5.74) is 2.23. The summed E-state index contributed by atoms with van der Waals surface area (Å²) in [5.74, 6) is 0. The lowest BCUT2D eigenvalue weighted by molar-refractivity contribution is 1.48. The van der Waals surface area contributed by atoms with E-state index >= 15 is 0 Å². The molecule has 0 aromatic heterocycles. The van der Waals surface area contributed by atoms with Crippen molar-refractivity contribution < 1.29 is 0 Å². The molecule has 84 valence electrons. The van der Waals surface area contributed by atoms with Gasteiger partial charge in [0.15, 0.2) is 0 Å². The van der Waals surface area contributed by atoms with E-state index in [9.17, 15) is 0 Å². The Morgan fingerprint density at radius 1 is 0.824 bits per heavy atom. The Morgan fingerprint density at radius 2 is 1.59 bits per heavy atom. The van der Waals surface area contributed by atoms with Crippen molar-refractivity contribution in [3.63, 3.8) is 0 Å². The Balaban J connectivity index is 2.56. The van der Waals surface area contributed by atoms with Crippen LogP contribution in [0.4, 0.5) is 0 Å². The van der Waals surface area contributed by atoms with Gasteiger partial charge in [-0.25, -0.2) is 0 Å². The Morgan fingerprint density at radius 3 is 2.24 bits per heavy atom. The normalized spacial score (nSPS) is 10.0. The number of hydrogen-bond acceptors (Lipinski definition) is 1. The van der Waals surface area contributed by atoms with Gasteiger partial charge >= 0.3 is 0 Å². The first-order valence-electron chi connectivity index (χ1n) is 4.76. The van der Waals surface area contributed by atoms with Crippen LogP contribution in [0.3, 0.4) is 0 Å². The molecule has 1 nitrogen and oxygen atoms in total. The average Bonchev–Trinajstić information content (AvgIpc) is 2.32. The van der Waals surface area contributed by atoms with E-state index in [-0.39, 0.29) is 0 Å². The molecule has 0 aliphatic heterocycles. The third kappa shape index (κ3) is 2.73. The van der Waals surface area contributed by atoms with Gasteiger partial charge < -0.3 is 0 Å². The highest BCUT2D eigenvalue weighted by Gasteiger charge is 2.04. The first-order valence-corrected chi connectivity index (χ1v) is 5.89. The molecule has 0 saturated heterocycles. The quantitative estimate of drug-likeness (QED) is 0.706. The van der Waals surface area contributed by atoms with Crippen LogP contribution in [0.2, 0.25) is 15.1 Å². The van der Waals surface area contributed by atoms with Gasteiger partial charge in [0.25, 0.3) is 0 Å². The molecule has 0 unspecified atom stereocenters. The lowest BCUT2D eigenvalue weighted by atomic mass is 10.0. The summed E-state index contributed by atoms with van der Waals surface area (Å²) in [7, 11) is 0. The van der Waals surface area contributed by atoms with Crippen molar-refractivity contribution in [3.05, 3.63) is 57.0 Å². The minimum Gasteiger partial charge on any atom is -0.192 e. The van der Waals surface area contributed by atoms with Crippen LogP contribution in [0, 0.1) is 11.3 Å². The first-order chi connectivity index (χ1) is 8.10. The van der Waals surface area contributed by atoms with E-state index < -0.39 is 0 Å². The summed E-state index contributed by atoms with van der Waals surface area (Å²) >= 11 is 17.7. The highest BCUT2D eigenvalue weighted by Crippen LogP contribution is 2.30. The van der Waals surface area contributed by atoms with Gasteiger partial charge in [-0.1, -0.05) is 40.9 Å². The maximum atomic E-state index is 8.88. The van der Waals surface area contributed by atoms with Crippen LogP contribution in [0.25, 0.3) is 11.1 Å². The van der Waals surface area contributed by atoms with E-state index in [1.165, 1.54) is 0 Å². The molecule has 0 heterocycles. The summed E-state index contributed by atoms with van der Waals surface area (Å²) in [5, 5.41) is 10.4. The standard InChI is InChI=1S/C13H6Cl3N/c14-11-4-8(7-17)3-10(5-11)9-1-2-12(15)13(16)6-9/h1-6H. The molecule has 0 aliphatic rings. The maximum absolute atomic E-state index is 8.88. The highest BCUT2D eigenvalue weighted by atomic mass is 35.5. The fraction of sp³-hybridized carbons (Fsp3) is 0. The van der Waals surface area contributed by atoms with E-state index in [0.717, 1.165) is 11.1 Å². The summed E-state index contributed by atoms with van der Waals surface area (Å²) in [4.78, 5) is 0. The van der Waals surface area contributed by atoms with Crippen molar-refractivity contribution in [2.24, 2.45) is 0 Å². The second-order valence-corrected chi connectivity index (χ2v) is 4.72. The minimum absolute atomic E-state index is 0.475. The lowest BCUT2D eigenvalue weighted by Crippen LogP contribution is -1.82. The van der Waals surface area contributed by atoms with Crippen LogP contribution in [0.15, 0.2) is 36.4 Å². The zero-order valence-electron chi connectivity index (χ0n) is 8.55. The predicted molar refractivity (Wildman–Crippen MR) is 71.6 cm³/mol. The summed E-state index contributed by atoms with van der Waals surface area (Å²) in [6.07, 6.45) is 0. The number of benzene rings is 2. The smallest absolute Gasteiger partial charge is 0.0992 e. The van der Waals surface area contributed by atoms with Crippen LogP contribution in [0.1, 0.15) is 5.56 Å². The lowest BCUT2D eigenvalue weighted by Gasteiger charge is -2.05. The fourth-order valence-electron chi connectivity index (χ4n) is 1.50. The molecule has 0 saturated carbocycles. The van der Waals surface area contributed by atoms with Crippen LogP contribution >= 0.6 is 34.8 Å². The van der Waals surface area contributed by atoms with Gasteiger partial charge in [0.2, 0.25) is 0 Å². The van der Waals surface area contributed by atoms with Gasteiger partial charge in [0.1, 0.15) is 0 Å². The van der Waals surface area contributed by atoms with Gasteiger partial charge in [0, 0.05) is 5.02 Å². The van der Waals surface area contributed by atoms with E-state index in [4.69, 9.17) is 40.1 Å². The van der Waals surface area contributed by atoms with E-state index in [0.29, 0.717) is 20.6 Å². The number of hydrogen-bond donors (Lipinski definition) is 0. The molecule has 0 radical (unpaired) electrons. The van der Waals surface area contributed by atoms with E-state index in [1.807, 2.05) is 6.07 Å². The zero-order chi connectivity index (χ0) is 12.4. The summed E-state index contributed by atoms with van der Waals surface area (Å²) in [6.45, 7) is 0. The van der Waals surface area contributed by atoms with Crippen LogP contribution < -0.4 is 0 Å². The molecule has 0 aliphatic carbocycles. The molecule has 2 aromatic rings. The van der Waals surface area contributed by atoms with Crippen molar-refractivity contribution >= 4 is 34.8 Å².